The molecule has 1 rings (SSSR count). The maximum atomic E-state index is 3.85. The van der Waals surface area contributed by atoms with Crippen molar-refractivity contribution < 1.29 is 0 Å². The fourth-order valence-electron chi connectivity index (χ4n) is 3.48. The summed E-state index contributed by atoms with van der Waals surface area (Å²) >= 11 is 0. The molecule has 1 heterocycles. The third-order valence-electron chi connectivity index (χ3n) is 5.06. The Bertz CT molecular complexity index is 227. The smallest absolute Gasteiger partial charge is 0.00793 e. The van der Waals surface area contributed by atoms with Crippen LogP contribution in [0.15, 0.2) is 0 Å². The first-order valence-corrected chi connectivity index (χ1v) is 9.16. The van der Waals surface area contributed by atoms with Crippen LogP contribution in [-0.4, -0.2) is 37.1 Å². The van der Waals surface area contributed by atoms with Gasteiger partial charge in [-0.2, -0.15) is 0 Å². The van der Waals surface area contributed by atoms with Crippen LogP contribution in [0.1, 0.15) is 72.6 Å². The average Bonchev–Trinajstić information content (AvgIpc) is 2.48. The fourth-order valence-corrected chi connectivity index (χ4v) is 3.48. The van der Waals surface area contributed by atoms with Gasteiger partial charge in [-0.3, -0.25) is 0 Å². The molecular weight excluding hydrogens is 244 g/mol. The zero-order chi connectivity index (χ0) is 14.8. The lowest BCUT2D eigenvalue weighted by Gasteiger charge is -2.36. The summed E-state index contributed by atoms with van der Waals surface area (Å²) in [5.74, 6) is 1.74. The number of piperidine rings is 1. The summed E-state index contributed by atoms with van der Waals surface area (Å²) in [6, 6.07) is 0.685. The summed E-state index contributed by atoms with van der Waals surface area (Å²) in [5, 5.41) is 3.85. The molecule has 1 fully saturated rings. The van der Waals surface area contributed by atoms with E-state index in [-0.39, 0.29) is 0 Å². The van der Waals surface area contributed by atoms with Gasteiger partial charge in [0.15, 0.2) is 0 Å². The van der Waals surface area contributed by atoms with Gasteiger partial charge in [0, 0.05) is 12.6 Å². The summed E-state index contributed by atoms with van der Waals surface area (Å²) in [6.45, 7) is 14.5. The van der Waals surface area contributed by atoms with Crippen molar-refractivity contribution in [1.29, 1.82) is 0 Å². The molecule has 0 aromatic heterocycles. The monoisotopic (exact) mass is 282 g/mol. The Morgan fingerprint density at radius 2 is 2.00 bits per heavy atom. The van der Waals surface area contributed by atoms with E-state index < -0.39 is 0 Å². The number of hydrogen-bond donors (Lipinski definition) is 1. The van der Waals surface area contributed by atoms with E-state index in [0.717, 1.165) is 11.8 Å². The maximum Gasteiger partial charge on any atom is 0.00793 e. The highest BCUT2D eigenvalue weighted by Gasteiger charge is 2.24. The molecule has 2 heteroatoms. The van der Waals surface area contributed by atoms with Gasteiger partial charge in [0.2, 0.25) is 0 Å². The van der Waals surface area contributed by atoms with Gasteiger partial charge < -0.3 is 10.2 Å². The van der Waals surface area contributed by atoms with Gasteiger partial charge in [-0.1, -0.05) is 40.0 Å². The lowest BCUT2D eigenvalue weighted by molar-refractivity contribution is 0.149. The van der Waals surface area contributed by atoms with Crippen molar-refractivity contribution in [3.63, 3.8) is 0 Å². The molecule has 1 aliphatic heterocycles. The van der Waals surface area contributed by atoms with Crippen molar-refractivity contribution in [1.82, 2.24) is 10.2 Å². The second kappa shape index (κ2) is 10.6. The zero-order valence-electron chi connectivity index (χ0n) is 14.5. The SMILES string of the molecule is CCCCC(CC)CNC(C)C1CCCN(CCC)C1. The van der Waals surface area contributed by atoms with E-state index >= 15 is 0 Å². The van der Waals surface area contributed by atoms with Gasteiger partial charge in [-0.05, 0) is 64.1 Å². The highest BCUT2D eigenvalue weighted by molar-refractivity contribution is 4.81. The Morgan fingerprint density at radius 3 is 2.65 bits per heavy atom. The van der Waals surface area contributed by atoms with Crippen molar-refractivity contribution in [3.8, 4) is 0 Å². The molecule has 0 radical (unpaired) electrons. The lowest BCUT2D eigenvalue weighted by Crippen LogP contribution is -2.45. The zero-order valence-corrected chi connectivity index (χ0v) is 14.5. The van der Waals surface area contributed by atoms with Crippen LogP contribution in [0.3, 0.4) is 0 Å². The van der Waals surface area contributed by atoms with Gasteiger partial charge in [0.25, 0.3) is 0 Å². The first kappa shape index (κ1) is 18.0. The predicted molar refractivity (Wildman–Crippen MR) is 90.2 cm³/mol. The standard InChI is InChI=1S/C18H38N2/c1-5-8-10-17(7-3)14-19-16(4)18-11-9-13-20(15-18)12-6-2/h16-19H,5-15H2,1-4H3. The molecule has 1 N–H and O–H groups in total. The minimum atomic E-state index is 0.685. The molecule has 2 nitrogen and oxygen atoms in total. The third kappa shape index (κ3) is 6.58. The summed E-state index contributed by atoms with van der Waals surface area (Å²) in [6.07, 6.45) is 9.56. The van der Waals surface area contributed by atoms with E-state index in [0.29, 0.717) is 6.04 Å². The summed E-state index contributed by atoms with van der Waals surface area (Å²) in [4.78, 5) is 2.67. The van der Waals surface area contributed by atoms with Crippen LogP contribution in [0.5, 0.6) is 0 Å². The van der Waals surface area contributed by atoms with Crippen LogP contribution in [0.4, 0.5) is 0 Å². The van der Waals surface area contributed by atoms with Gasteiger partial charge in [0.05, 0.1) is 0 Å². The van der Waals surface area contributed by atoms with E-state index in [2.05, 4.69) is 37.9 Å². The molecule has 0 aromatic rings. The Hall–Kier alpha value is -0.0800. The Kier molecular flexibility index (Phi) is 9.54. The molecule has 0 aliphatic carbocycles. The van der Waals surface area contributed by atoms with Gasteiger partial charge >= 0.3 is 0 Å². The van der Waals surface area contributed by atoms with Crippen LogP contribution in [0.25, 0.3) is 0 Å². The molecule has 20 heavy (non-hydrogen) atoms. The van der Waals surface area contributed by atoms with Crippen LogP contribution in [0.2, 0.25) is 0 Å². The number of nitrogens with one attached hydrogen (secondary N) is 1. The quantitative estimate of drug-likeness (QED) is 0.642. The molecule has 0 bridgehead atoms. The average molecular weight is 283 g/mol. The number of hydrogen-bond acceptors (Lipinski definition) is 2. The van der Waals surface area contributed by atoms with E-state index in [4.69, 9.17) is 0 Å². The molecule has 0 amide bonds. The Balaban J connectivity index is 2.28. The van der Waals surface area contributed by atoms with E-state index in [1.165, 1.54) is 71.1 Å². The Morgan fingerprint density at radius 1 is 1.20 bits per heavy atom. The summed E-state index contributed by atoms with van der Waals surface area (Å²) < 4.78 is 0. The second-order valence-corrected chi connectivity index (χ2v) is 6.82. The first-order chi connectivity index (χ1) is 9.71. The number of nitrogens with zero attached hydrogens (tertiary/aromatic N) is 1. The fraction of sp³-hybridized carbons (Fsp3) is 1.00. The summed E-state index contributed by atoms with van der Waals surface area (Å²) in [7, 11) is 0. The minimum Gasteiger partial charge on any atom is -0.314 e. The highest BCUT2D eigenvalue weighted by atomic mass is 15.1. The number of rotatable bonds is 10. The van der Waals surface area contributed by atoms with Crippen molar-refractivity contribution in [2.24, 2.45) is 11.8 Å². The molecule has 1 saturated heterocycles. The van der Waals surface area contributed by atoms with Crippen LogP contribution < -0.4 is 5.32 Å². The molecule has 3 atom stereocenters. The van der Waals surface area contributed by atoms with Crippen molar-refractivity contribution in [2.45, 2.75) is 78.7 Å². The van der Waals surface area contributed by atoms with Gasteiger partial charge in [-0.25, -0.2) is 0 Å². The first-order valence-electron chi connectivity index (χ1n) is 9.16. The third-order valence-corrected chi connectivity index (χ3v) is 5.06. The molecule has 1 aliphatic rings. The van der Waals surface area contributed by atoms with E-state index in [9.17, 15) is 0 Å². The largest absolute Gasteiger partial charge is 0.314 e. The summed E-state index contributed by atoms with van der Waals surface area (Å²) in [5.41, 5.74) is 0. The minimum absolute atomic E-state index is 0.685. The van der Waals surface area contributed by atoms with Crippen molar-refractivity contribution >= 4 is 0 Å². The molecule has 0 saturated carbocycles. The second-order valence-electron chi connectivity index (χ2n) is 6.82. The van der Waals surface area contributed by atoms with E-state index in [1.54, 1.807) is 0 Å². The molecule has 120 valence electrons. The van der Waals surface area contributed by atoms with Gasteiger partial charge in [0.1, 0.15) is 0 Å². The predicted octanol–water partition coefficient (Wildman–Crippen LogP) is 4.30. The number of likely N-dealkylation sites (tertiary alicyclic amines) is 1. The maximum absolute atomic E-state index is 3.85. The van der Waals surface area contributed by atoms with E-state index in [1.807, 2.05) is 0 Å². The Labute approximate surface area is 127 Å². The number of unbranched alkanes of at least 4 members (excludes halogenated alkanes) is 1. The topological polar surface area (TPSA) is 15.3 Å². The van der Waals surface area contributed by atoms with Gasteiger partial charge in [-0.15, -0.1) is 0 Å². The van der Waals surface area contributed by atoms with Crippen LogP contribution in [-0.2, 0) is 0 Å². The van der Waals surface area contributed by atoms with Crippen LogP contribution >= 0.6 is 0 Å². The normalized spacial score (nSPS) is 23.7. The van der Waals surface area contributed by atoms with Crippen LogP contribution in [0, 0.1) is 11.8 Å². The highest BCUT2D eigenvalue weighted by Crippen LogP contribution is 2.20. The molecule has 3 unspecified atom stereocenters. The van der Waals surface area contributed by atoms with Crippen molar-refractivity contribution in [3.05, 3.63) is 0 Å². The molecule has 0 aromatic carbocycles. The lowest BCUT2D eigenvalue weighted by atomic mass is 9.90. The van der Waals surface area contributed by atoms with Crippen molar-refractivity contribution in [2.75, 3.05) is 26.2 Å². The molecule has 0 spiro atoms. The molecular formula is C18H38N2.